The van der Waals surface area contributed by atoms with E-state index in [1.165, 1.54) is 12.8 Å². The minimum atomic E-state index is 0.413. The first-order valence-electron chi connectivity index (χ1n) is 6.36. The van der Waals surface area contributed by atoms with Crippen LogP contribution in [0, 0.1) is 3.57 Å². The number of aromatic nitrogens is 1. The summed E-state index contributed by atoms with van der Waals surface area (Å²) in [6, 6.07) is 10.6. The minimum Gasteiger partial charge on any atom is -0.486 e. The average molecular weight is 370 g/mol. The van der Waals surface area contributed by atoms with E-state index < -0.39 is 0 Å². The molecule has 19 heavy (non-hydrogen) atoms. The third-order valence-corrected chi connectivity index (χ3v) is 3.61. The molecule has 0 saturated heterocycles. The Morgan fingerprint density at radius 3 is 3.05 bits per heavy atom. The molecule has 1 N–H and O–H groups in total. The molecule has 0 unspecified atom stereocenters. The molecular formula is C14H15IN2O2. The molecule has 0 aliphatic heterocycles. The highest BCUT2D eigenvalue weighted by Crippen LogP contribution is 2.19. The van der Waals surface area contributed by atoms with E-state index in [1.807, 2.05) is 30.3 Å². The van der Waals surface area contributed by atoms with Crippen molar-refractivity contribution < 1.29 is 9.26 Å². The Morgan fingerprint density at radius 1 is 1.37 bits per heavy atom. The van der Waals surface area contributed by atoms with Crippen molar-refractivity contribution in [2.24, 2.45) is 0 Å². The summed E-state index contributed by atoms with van der Waals surface area (Å²) in [7, 11) is 0. The zero-order valence-electron chi connectivity index (χ0n) is 10.4. The van der Waals surface area contributed by atoms with Crippen LogP contribution >= 0.6 is 22.6 Å². The van der Waals surface area contributed by atoms with Crippen LogP contribution in [0.5, 0.6) is 5.75 Å². The van der Waals surface area contributed by atoms with Crippen LogP contribution in [-0.4, -0.2) is 11.2 Å². The number of hydrogen-bond donors (Lipinski definition) is 1. The predicted octanol–water partition coefficient (Wildman–Crippen LogP) is 3.11. The van der Waals surface area contributed by atoms with Crippen molar-refractivity contribution in [1.82, 2.24) is 10.5 Å². The molecule has 3 rings (SSSR count). The molecule has 1 fully saturated rings. The topological polar surface area (TPSA) is 47.3 Å². The third kappa shape index (κ3) is 3.94. The van der Waals surface area contributed by atoms with Gasteiger partial charge >= 0.3 is 0 Å². The fraction of sp³-hybridized carbons (Fsp3) is 0.357. The fourth-order valence-electron chi connectivity index (χ4n) is 1.75. The number of benzene rings is 1. The van der Waals surface area contributed by atoms with E-state index in [1.54, 1.807) is 0 Å². The summed E-state index contributed by atoms with van der Waals surface area (Å²) in [5.41, 5.74) is 0.938. The molecule has 1 heterocycles. The van der Waals surface area contributed by atoms with Gasteiger partial charge < -0.3 is 14.6 Å². The van der Waals surface area contributed by atoms with Crippen molar-refractivity contribution in [3.63, 3.8) is 0 Å². The van der Waals surface area contributed by atoms with Crippen molar-refractivity contribution in [2.75, 3.05) is 0 Å². The van der Waals surface area contributed by atoms with Gasteiger partial charge in [0.25, 0.3) is 0 Å². The highest BCUT2D eigenvalue weighted by Gasteiger charge is 2.20. The van der Waals surface area contributed by atoms with Crippen LogP contribution in [0.1, 0.15) is 24.3 Å². The summed E-state index contributed by atoms with van der Waals surface area (Å²) < 4.78 is 12.1. The first-order chi connectivity index (χ1) is 9.29. The average Bonchev–Trinajstić information content (AvgIpc) is 3.13. The van der Waals surface area contributed by atoms with E-state index in [2.05, 4.69) is 33.1 Å². The Balaban J connectivity index is 1.51. The quantitative estimate of drug-likeness (QED) is 0.794. The van der Waals surface area contributed by atoms with Gasteiger partial charge in [-0.05, 0) is 53.6 Å². The molecule has 0 atom stereocenters. The summed E-state index contributed by atoms with van der Waals surface area (Å²) in [4.78, 5) is 0. The molecule has 1 saturated carbocycles. The van der Waals surface area contributed by atoms with Gasteiger partial charge in [-0.2, -0.15) is 0 Å². The number of nitrogens with one attached hydrogen (secondary N) is 1. The molecule has 0 spiro atoms. The second kappa shape index (κ2) is 5.92. The lowest BCUT2D eigenvalue weighted by Gasteiger charge is -2.03. The standard InChI is InChI=1S/C14H15IN2O2/c15-10-2-1-3-13(6-10)18-9-14-7-12(17-19-14)8-16-11-4-5-11/h1-3,6-7,11,16H,4-5,8-9H2. The summed E-state index contributed by atoms with van der Waals surface area (Å²) in [5.74, 6) is 1.60. The molecule has 1 aliphatic rings. The van der Waals surface area contributed by atoms with Gasteiger partial charge in [0.05, 0.1) is 5.69 Å². The van der Waals surface area contributed by atoms with Crippen molar-refractivity contribution in [2.45, 2.75) is 32.0 Å². The SMILES string of the molecule is Ic1cccc(OCc2cc(CNC3CC3)no2)c1. The maximum absolute atomic E-state index is 5.67. The van der Waals surface area contributed by atoms with Gasteiger partial charge in [0.1, 0.15) is 12.4 Å². The molecule has 1 aromatic carbocycles. The summed E-state index contributed by atoms with van der Waals surface area (Å²) in [6.07, 6.45) is 2.56. The first kappa shape index (κ1) is 12.9. The van der Waals surface area contributed by atoms with E-state index in [-0.39, 0.29) is 0 Å². The molecule has 1 aromatic heterocycles. The predicted molar refractivity (Wildman–Crippen MR) is 79.9 cm³/mol. The molecule has 0 bridgehead atoms. The van der Waals surface area contributed by atoms with Crippen LogP contribution in [-0.2, 0) is 13.2 Å². The molecule has 0 radical (unpaired) electrons. The molecule has 1 aliphatic carbocycles. The smallest absolute Gasteiger partial charge is 0.174 e. The van der Waals surface area contributed by atoms with Crippen molar-refractivity contribution >= 4 is 22.6 Å². The Kier molecular flexibility index (Phi) is 4.03. The van der Waals surface area contributed by atoms with Crippen LogP contribution in [0.4, 0.5) is 0 Å². The maximum atomic E-state index is 5.67. The largest absolute Gasteiger partial charge is 0.486 e. The second-order valence-corrected chi connectivity index (χ2v) is 5.93. The van der Waals surface area contributed by atoms with Crippen molar-refractivity contribution in [3.8, 4) is 5.75 Å². The van der Waals surface area contributed by atoms with Gasteiger partial charge in [-0.15, -0.1) is 0 Å². The maximum Gasteiger partial charge on any atom is 0.174 e. The second-order valence-electron chi connectivity index (χ2n) is 4.69. The molecule has 4 nitrogen and oxygen atoms in total. The molecule has 0 amide bonds. The highest BCUT2D eigenvalue weighted by molar-refractivity contribution is 14.1. The number of nitrogens with zero attached hydrogens (tertiary/aromatic N) is 1. The van der Waals surface area contributed by atoms with E-state index in [0.717, 1.165) is 27.3 Å². The molecule has 5 heteroatoms. The zero-order chi connectivity index (χ0) is 13.1. The summed E-state index contributed by atoms with van der Waals surface area (Å²) >= 11 is 2.26. The lowest BCUT2D eigenvalue weighted by molar-refractivity contribution is 0.248. The van der Waals surface area contributed by atoms with Gasteiger partial charge in [-0.3, -0.25) is 0 Å². The number of ether oxygens (including phenoxy) is 1. The number of halogens is 1. The van der Waals surface area contributed by atoms with Gasteiger partial charge in [-0.1, -0.05) is 11.2 Å². The lowest BCUT2D eigenvalue weighted by atomic mass is 10.3. The Morgan fingerprint density at radius 2 is 2.26 bits per heavy atom. The summed E-state index contributed by atoms with van der Waals surface area (Å²) in [6.45, 7) is 1.19. The van der Waals surface area contributed by atoms with Gasteiger partial charge in [-0.25, -0.2) is 0 Å². The van der Waals surface area contributed by atoms with E-state index in [0.29, 0.717) is 12.6 Å². The van der Waals surface area contributed by atoms with Crippen molar-refractivity contribution in [1.29, 1.82) is 0 Å². The highest BCUT2D eigenvalue weighted by atomic mass is 127. The van der Waals surface area contributed by atoms with Gasteiger partial charge in [0.15, 0.2) is 5.76 Å². The molecule has 2 aromatic rings. The van der Waals surface area contributed by atoms with Crippen LogP contribution in [0.25, 0.3) is 0 Å². The summed E-state index contributed by atoms with van der Waals surface area (Å²) in [5, 5.41) is 7.43. The zero-order valence-corrected chi connectivity index (χ0v) is 12.6. The normalized spacial score (nSPS) is 14.6. The molecular weight excluding hydrogens is 355 g/mol. The number of rotatable bonds is 6. The van der Waals surface area contributed by atoms with Crippen LogP contribution in [0.2, 0.25) is 0 Å². The monoisotopic (exact) mass is 370 g/mol. The first-order valence-corrected chi connectivity index (χ1v) is 7.44. The van der Waals surface area contributed by atoms with Gasteiger partial charge in [0, 0.05) is 22.2 Å². The Bertz CT molecular complexity index is 552. The Hall–Kier alpha value is -1.08. The van der Waals surface area contributed by atoms with E-state index in [4.69, 9.17) is 9.26 Å². The fourth-order valence-corrected chi connectivity index (χ4v) is 2.27. The lowest BCUT2D eigenvalue weighted by Crippen LogP contribution is -2.15. The van der Waals surface area contributed by atoms with E-state index in [9.17, 15) is 0 Å². The Labute approximate surface area is 125 Å². The van der Waals surface area contributed by atoms with Crippen LogP contribution < -0.4 is 10.1 Å². The van der Waals surface area contributed by atoms with Gasteiger partial charge in [0.2, 0.25) is 0 Å². The number of hydrogen-bond acceptors (Lipinski definition) is 4. The minimum absolute atomic E-state index is 0.413. The third-order valence-electron chi connectivity index (χ3n) is 2.93. The van der Waals surface area contributed by atoms with Crippen LogP contribution in [0.3, 0.4) is 0 Å². The molecule has 100 valence electrons. The van der Waals surface area contributed by atoms with Crippen molar-refractivity contribution in [3.05, 3.63) is 45.4 Å². The van der Waals surface area contributed by atoms with Crippen LogP contribution in [0.15, 0.2) is 34.9 Å². The van der Waals surface area contributed by atoms with E-state index >= 15 is 0 Å².